The molecule has 1 fully saturated rings. The van der Waals surface area contributed by atoms with Gasteiger partial charge in [-0.3, -0.25) is 0 Å². The van der Waals surface area contributed by atoms with Crippen molar-refractivity contribution in [2.45, 2.75) is 88.8 Å². The van der Waals surface area contributed by atoms with Gasteiger partial charge in [-0.25, -0.2) is 8.42 Å². The highest BCUT2D eigenvalue weighted by atomic mass is 32.2. The van der Waals surface area contributed by atoms with Gasteiger partial charge < -0.3 is 5.11 Å². The van der Waals surface area contributed by atoms with Gasteiger partial charge in [0.2, 0.25) is 10.0 Å². The number of benzene rings is 1. The molecule has 1 heterocycles. The number of rotatable bonds is 9. The minimum atomic E-state index is -3.54. The van der Waals surface area contributed by atoms with Crippen LogP contribution in [0.25, 0.3) is 0 Å². The molecule has 3 atom stereocenters. The lowest BCUT2D eigenvalue weighted by Crippen LogP contribution is -2.39. The smallest absolute Gasteiger partial charge is 0.243 e. The van der Waals surface area contributed by atoms with Crippen molar-refractivity contribution < 1.29 is 13.5 Å². The molecule has 24 heavy (non-hydrogen) atoms. The number of hydrogen-bond donors (Lipinski definition) is 1. The van der Waals surface area contributed by atoms with E-state index in [9.17, 15) is 13.5 Å². The first-order valence-electron chi connectivity index (χ1n) is 9.10. The van der Waals surface area contributed by atoms with E-state index in [0.29, 0.717) is 17.7 Å². The molecule has 1 aromatic rings. The van der Waals surface area contributed by atoms with E-state index >= 15 is 0 Å². The fourth-order valence-electron chi connectivity index (χ4n) is 3.59. The Hall–Kier alpha value is -0.910. The van der Waals surface area contributed by atoms with Crippen molar-refractivity contribution in [3.05, 3.63) is 29.8 Å². The Morgan fingerprint density at radius 1 is 1.08 bits per heavy atom. The second kappa shape index (κ2) is 7.54. The average molecular weight is 354 g/mol. The first-order valence-corrected chi connectivity index (χ1v) is 10.5. The van der Waals surface area contributed by atoms with Crippen LogP contribution in [0.4, 0.5) is 0 Å². The van der Waals surface area contributed by atoms with Crippen molar-refractivity contribution in [3.8, 4) is 0 Å². The van der Waals surface area contributed by atoms with E-state index in [1.807, 2.05) is 26.0 Å². The summed E-state index contributed by atoms with van der Waals surface area (Å²) in [7, 11) is -3.54. The normalized spacial score (nSPS) is 24.1. The summed E-state index contributed by atoms with van der Waals surface area (Å²) in [6.45, 7) is 8.03. The van der Waals surface area contributed by atoms with E-state index < -0.39 is 15.6 Å². The van der Waals surface area contributed by atoms with Crippen LogP contribution in [0.15, 0.2) is 29.2 Å². The fraction of sp³-hybridized carbons (Fsp3) is 0.684. The fourth-order valence-corrected chi connectivity index (χ4v) is 5.49. The Bertz CT molecular complexity index is 631. The van der Waals surface area contributed by atoms with Crippen molar-refractivity contribution in [1.82, 2.24) is 4.31 Å². The van der Waals surface area contributed by atoms with Gasteiger partial charge in [0.05, 0.1) is 16.5 Å². The summed E-state index contributed by atoms with van der Waals surface area (Å²) < 4.78 is 27.4. The molecule has 1 aromatic carbocycles. The van der Waals surface area contributed by atoms with E-state index in [2.05, 4.69) is 13.8 Å². The summed E-state index contributed by atoms with van der Waals surface area (Å²) in [5.74, 6) is 0. The van der Waals surface area contributed by atoms with Crippen LogP contribution in [0.1, 0.15) is 64.9 Å². The Balaban J connectivity index is 2.24. The van der Waals surface area contributed by atoms with Crippen LogP contribution in [0.3, 0.4) is 0 Å². The molecule has 2 rings (SSSR count). The van der Waals surface area contributed by atoms with Crippen molar-refractivity contribution in [2.24, 2.45) is 0 Å². The van der Waals surface area contributed by atoms with Crippen LogP contribution >= 0.6 is 0 Å². The Morgan fingerprint density at radius 2 is 1.58 bits per heavy atom. The number of unbranched alkanes of at least 4 members (excludes halogenated alkanes) is 2. The van der Waals surface area contributed by atoms with Gasteiger partial charge in [0.15, 0.2) is 0 Å². The van der Waals surface area contributed by atoms with Gasteiger partial charge in [-0.15, -0.1) is 0 Å². The van der Waals surface area contributed by atoms with Crippen LogP contribution < -0.4 is 0 Å². The molecule has 1 saturated heterocycles. The maximum atomic E-state index is 12.9. The molecule has 1 unspecified atom stereocenters. The van der Waals surface area contributed by atoms with Gasteiger partial charge in [0, 0.05) is 6.04 Å². The molecule has 0 radical (unpaired) electrons. The van der Waals surface area contributed by atoms with Gasteiger partial charge in [-0.2, -0.15) is 4.31 Å². The molecule has 1 aliphatic rings. The number of nitrogens with zero attached hydrogens (tertiary/aromatic N) is 1. The molecular weight excluding hydrogens is 322 g/mol. The highest BCUT2D eigenvalue weighted by molar-refractivity contribution is 7.89. The predicted octanol–water partition coefficient (Wildman–Crippen LogP) is 3.87. The Labute approximate surface area is 146 Å². The van der Waals surface area contributed by atoms with Crippen LogP contribution in [0.5, 0.6) is 0 Å². The van der Waals surface area contributed by atoms with Crippen molar-refractivity contribution in [3.63, 3.8) is 0 Å². The van der Waals surface area contributed by atoms with Crippen LogP contribution in [-0.2, 0) is 10.0 Å². The van der Waals surface area contributed by atoms with Crippen LogP contribution in [0, 0.1) is 6.92 Å². The monoisotopic (exact) mass is 353 g/mol. The third-order valence-electron chi connectivity index (χ3n) is 5.12. The first kappa shape index (κ1) is 19.4. The van der Waals surface area contributed by atoms with Gasteiger partial charge >= 0.3 is 0 Å². The summed E-state index contributed by atoms with van der Waals surface area (Å²) in [6, 6.07) is 6.50. The van der Waals surface area contributed by atoms with E-state index in [1.54, 1.807) is 12.1 Å². The molecule has 0 bridgehead atoms. The number of aryl methyl sites for hydroxylation is 1. The SMILES string of the molecule is CCCCC(O)(CCCC)[C@@H]1[C@H](C)N1S(=O)(=O)c1ccc(C)cc1. The van der Waals surface area contributed by atoms with E-state index in [4.69, 9.17) is 0 Å². The molecule has 0 amide bonds. The summed E-state index contributed by atoms with van der Waals surface area (Å²) in [5.41, 5.74) is 0.121. The molecule has 0 aliphatic carbocycles. The van der Waals surface area contributed by atoms with Crippen molar-refractivity contribution >= 4 is 10.0 Å². The maximum absolute atomic E-state index is 12.9. The van der Waals surface area contributed by atoms with Crippen LogP contribution in [0.2, 0.25) is 0 Å². The lowest BCUT2D eigenvalue weighted by molar-refractivity contribution is 0.0102. The van der Waals surface area contributed by atoms with Gasteiger partial charge in [0.25, 0.3) is 0 Å². The highest BCUT2D eigenvalue weighted by Crippen LogP contribution is 2.45. The number of sulfonamides is 1. The van der Waals surface area contributed by atoms with Gasteiger partial charge in [-0.1, -0.05) is 57.2 Å². The largest absolute Gasteiger partial charge is 0.388 e. The van der Waals surface area contributed by atoms with Crippen molar-refractivity contribution in [1.29, 1.82) is 0 Å². The van der Waals surface area contributed by atoms with E-state index in [-0.39, 0.29) is 12.1 Å². The highest BCUT2D eigenvalue weighted by Gasteiger charge is 2.61. The summed E-state index contributed by atoms with van der Waals surface area (Å²) in [4.78, 5) is 0.316. The lowest BCUT2D eigenvalue weighted by Gasteiger charge is -2.28. The number of aliphatic hydroxyl groups is 1. The lowest BCUT2D eigenvalue weighted by atomic mass is 9.86. The molecule has 0 spiro atoms. The zero-order chi connectivity index (χ0) is 18.0. The zero-order valence-corrected chi connectivity index (χ0v) is 16.1. The van der Waals surface area contributed by atoms with Crippen LogP contribution in [-0.4, -0.2) is 35.5 Å². The third kappa shape index (κ3) is 3.84. The Morgan fingerprint density at radius 3 is 2.04 bits per heavy atom. The summed E-state index contributed by atoms with van der Waals surface area (Å²) >= 11 is 0. The first-order chi connectivity index (χ1) is 11.3. The molecule has 1 N–H and O–H groups in total. The average Bonchev–Trinajstić information content (AvgIpc) is 3.24. The molecule has 1 aliphatic heterocycles. The third-order valence-corrected chi connectivity index (χ3v) is 7.10. The van der Waals surface area contributed by atoms with E-state index in [1.165, 1.54) is 4.31 Å². The zero-order valence-electron chi connectivity index (χ0n) is 15.3. The second-order valence-electron chi connectivity index (χ2n) is 7.14. The molecule has 4 nitrogen and oxygen atoms in total. The standard InChI is InChI=1S/C19H31NO3S/c1-5-7-13-19(21,14-8-6-2)18-16(4)20(18)24(22,23)17-11-9-15(3)10-12-17/h9-12,16,18,21H,5-8,13-14H2,1-4H3/t16-,18-,20?/m0/s1. The molecule has 0 aromatic heterocycles. The molecule has 5 heteroatoms. The summed E-state index contributed by atoms with van der Waals surface area (Å²) in [5, 5.41) is 11.2. The molecular formula is C19H31NO3S. The molecule has 136 valence electrons. The predicted molar refractivity (Wildman–Crippen MR) is 97.5 cm³/mol. The van der Waals surface area contributed by atoms with Gasteiger partial charge in [-0.05, 0) is 38.8 Å². The maximum Gasteiger partial charge on any atom is 0.243 e. The van der Waals surface area contributed by atoms with E-state index in [0.717, 1.165) is 31.2 Å². The second-order valence-corrected chi connectivity index (χ2v) is 8.99. The quantitative estimate of drug-likeness (QED) is 0.686. The topological polar surface area (TPSA) is 57.4 Å². The Kier molecular flexibility index (Phi) is 6.10. The number of hydrogen-bond acceptors (Lipinski definition) is 3. The summed E-state index contributed by atoms with van der Waals surface area (Å²) in [6.07, 6.45) is 5.17. The van der Waals surface area contributed by atoms with Gasteiger partial charge in [0.1, 0.15) is 0 Å². The molecule has 0 saturated carbocycles. The minimum Gasteiger partial charge on any atom is -0.388 e. The minimum absolute atomic E-state index is 0.144. The van der Waals surface area contributed by atoms with Crippen molar-refractivity contribution in [2.75, 3.05) is 0 Å².